The van der Waals surface area contributed by atoms with E-state index in [4.69, 9.17) is 5.84 Å². The van der Waals surface area contributed by atoms with Crippen molar-refractivity contribution in [2.24, 2.45) is 5.84 Å². The van der Waals surface area contributed by atoms with Gasteiger partial charge in [-0.25, -0.2) is 34.2 Å². The van der Waals surface area contributed by atoms with Crippen LogP contribution in [0.25, 0.3) is 0 Å². The lowest BCUT2D eigenvalue weighted by Gasteiger charge is -2.06. The molecule has 11 heteroatoms. The fourth-order valence-corrected chi connectivity index (χ4v) is 2.18. The van der Waals surface area contributed by atoms with Gasteiger partial charge in [-0.05, 0) is 15.9 Å². The second-order valence-electron chi connectivity index (χ2n) is 3.22. The largest absolute Gasteiger partial charge is 0.292 e. The van der Waals surface area contributed by atoms with Gasteiger partial charge in [-0.2, -0.15) is 0 Å². The summed E-state index contributed by atoms with van der Waals surface area (Å²) in [5.41, 5.74) is 2.20. The third kappa shape index (κ3) is 3.33. The first-order chi connectivity index (χ1) is 9.01. The Hall–Kier alpha value is -1.85. The minimum Gasteiger partial charge on any atom is -0.292 e. The number of anilines is 2. The van der Waals surface area contributed by atoms with E-state index in [1.807, 2.05) is 0 Å². The Morgan fingerprint density at radius 3 is 2.26 bits per heavy atom. The van der Waals surface area contributed by atoms with Crippen LogP contribution >= 0.6 is 15.9 Å². The van der Waals surface area contributed by atoms with Gasteiger partial charge in [0.2, 0.25) is 5.95 Å². The highest BCUT2D eigenvalue weighted by molar-refractivity contribution is 9.10. The third-order valence-corrected chi connectivity index (χ3v) is 3.65. The summed E-state index contributed by atoms with van der Waals surface area (Å²) < 4.78 is 26.7. The predicted octanol–water partition coefficient (Wildman–Crippen LogP) is 0.115. The summed E-state index contributed by atoms with van der Waals surface area (Å²) in [7, 11) is -3.81. The summed E-state index contributed by atoms with van der Waals surface area (Å²) in [6.45, 7) is 0. The molecule has 0 aliphatic heterocycles. The molecule has 4 N–H and O–H groups in total. The van der Waals surface area contributed by atoms with E-state index in [9.17, 15) is 8.42 Å². The molecule has 100 valence electrons. The first kappa shape index (κ1) is 13.6. The van der Waals surface area contributed by atoms with Gasteiger partial charge in [0.25, 0.3) is 10.0 Å². The number of nitrogen functional groups attached to an aromatic ring is 1. The highest BCUT2D eigenvalue weighted by atomic mass is 79.9. The van der Waals surface area contributed by atoms with E-state index in [2.05, 4.69) is 46.0 Å². The summed E-state index contributed by atoms with van der Waals surface area (Å²) in [5.74, 6) is 5.28. The molecule has 0 spiro atoms. The molecule has 0 radical (unpaired) electrons. The summed E-state index contributed by atoms with van der Waals surface area (Å²) in [5, 5.41) is 0. The van der Waals surface area contributed by atoms with Crippen LogP contribution in [-0.2, 0) is 10.0 Å². The molecule has 0 atom stereocenters. The van der Waals surface area contributed by atoms with Gasteiger partial charge < -0.3 is 0 Å². The third-order valence-electron chi connectivity index (χ3n) is 1.93. The standard InChI is InChI=1S/C8H8BrN7O2S/c9-6-3-12-7(4-11-6)16-19(17,18)5-1-13-8(15-10)14-2-5/h1-4H,10H2,(H,12,16)(H,13,14,15). The molecule has 2 heterocycles. The molecule has 0 aromatic carbocycles. The Morgan fingerprint density at radius 2 is 1.74 bits per heavy atom. The molecule has 0 unspecified atom stereocenters. The number of hydrazine groups is 1. The molecular formula is C8H8BrN7O2S. The molecule has 0 bridgehead atoms. The van der Waals surface area contributed by atoms with E-state index in [-0.39, 0.29) is 16.7 Å². The van der Waals surface area contributed by atoms with Crippen LogP contribution in [0, 0.1) is 0 Å². The van der Waals surface area contributed by atoms with Crippen molar-refractivity contribution in [2.45, 2.75) is 4.90 Å². The molecule has 0 fully saturated rings. The smallest absolute Gasteiger partial charge is 0.266 e. The Balaban J connectivity index is 2.24. The lowest BCUT2D eigenvalue weighted by Crippen LogP contribution is -2.16. The average Bonchev–Trinajstić information content (AvgIpc) is 2.41. The summed E-state index contributed by atoms with van der Waals surface area (Å²) >= 11 is 3.10. The fraction of sp³-hybridized carbons (Fsp3) is 0. The zero-order chi connectivity index (χ0) is 13.9. The summed E-state index contributed by atoms with van der Waals surface area (Å²) in [4.78, 5) is 15.0. The van der Waals surface area contributed by atoms with Crippen LogP contribution in [0.1, 0.15) is 0 Å². The molecule has 0 saturated heterocycles. The molecule has 2 aromatic rings. The average molecular weight is 346 g/mol. The van der Waals surface area contributed by atoms with Gasteiger partial charge in [0, 0.05) is 0 Å². The van der Waals surface area contributed by atoms with Crippen LogP contribution in [0.4, 0.5) is 11.8 Å². The predicted molar refractivity (Wildman–Crippen MR) is 70.4 cm³/mol. The SMILES string of the molecule is NNc1ncc(S(=O)(=O)Nc2cnc(Br)cn2)cn1. The maximum atomic E-state index is 12.0. The Kier molecular flexibility index (Phi) is 3.87. The Labute approximate surface area is 116 Å². The summed E-state index contributed by atoms with van der Waals surface area (Å²) in [6.07, 6.45) is 4.89. The maximum absolute atomic E-state index is 12.0. The van der Waals surface area contributed by atoms with Crippen molar-refractivity contribution in [1.29, 1.82) is 0 Å². The van der Waals surface area contributed by atoms with E-state index in [0.717, 1.165) is 12.4 Å². The molecule has 19 heavy (non-hydrogen) atoms. The van der Waals surface area contributed by atoms with E-state index >= 15 is 0 Å². The molecule has 0 aliphatic carbocycles. The van der Waals surface area contributed by atoms with Crippen LogP contribution in [0.2, 0.25) is 0 Å². The first-order valence-electron chi connectivity index (χ1n) is 4.80. The number of sulfonamides is 1. The van der Waals surface area contributed by atoms with E-state index in [0.29, 0.717) is 4.60 Å². The first-order valence-corrected chi connectivity index (χ1v) is 7.08. The van der Waals surface area contributed by atoms with Gasteiger partial charge in [-0.3, -0.25) is 10.1 Å². The minimum atomic E-state index is -3.81. The van der Waals surface area contributed by atoms with Crippen molar-refractivity contribution in [3.05, 3.63) is 29.4 Å². The number of halogens is 1. The van der Waals surface area contributed by atoms with E-state index < -0.39 is 10.0 Å². The monoisotopic (exact) mass is 345 g/mol. The summed E-state index contributed by atoms with van der Waals surface area (Å²) in [6, 6.07) is 0. The quantitative estimate of drug-likeness (QED) is 0.524. The Morgan fingerprint density at radius 1 is 1.05 bits per heavy atom. The van der Waals surface area contributed by atoms with Crippen molar-refractivity contribution < 1.29 is 8.42 Å². The fourth-order valence-electron chi connectivity index (χ4n) is 1.09. The van der Waals surface area contributed by atoms with Crippen LogP contribution in [-0.4, -0.2) is 28.4 Å². The van der Waals surface area contributed by atoms with Gasteiger partial charge in [-0.1, -0.05) is 0 Å². The van der Waals surface area contributed by atoms with E-state index in [1.165, 1.54) is 12.4 Å². The van der Waals surface area contributed by atoms with Crippen LogP contribution in [0.3, 0.4) is 0 Å². The number of rotatable bonds is 4. The number of nitrogens with two attached hydrogens (primary N) is 1. The molecule has 0 saturated carbocycles. The highest BCUT2D eigenvalue weighted by Crippen LogP contribution is 2.13. The normalized spacial score (nSPS) is 11.1. The van der Waals surface area contributed by atoms with Gasteiger partial charge in [0.05, 0.1) is 24.8 Å². The van der Waals surface area contributed by atoms with Gasteiger partial charge in [0.1, 0.15) is 9.50 Å². The Bertz CT molecular complexity index is 659. The number of nitrogens with zero attached hydrogens (tertiary/aromatic N) is 4. The molecule has 2 aromatic heterocycles. The maximum Gasteiger partial charge on any atom is 0.266 e. The zero-order valence-electron chi connectivity index (χ0n) is 9.28. The zero-order valence-corrected chi connectivity index (χ0v) is 11.7. The van der Waals surface area contributed by atoms with Crippen molar-refractivity contribution >= 4 is 37.7 Å². The van der Waals surface area contributed by atoms with Crippen LogP contribution in [0.5, 0.6) is 0 Å². The van der Waals surface area contributed by atoms with Gasteiger partial charge in [0.15, 0.2) is 5.82 Å². The molecule has 0 amide bonds. The van der Waals surface area contributed by atoms with Gasteiger partial charge in [-0.15, -0.1) is 0 Å². The van der Waals surface area contributed by atoms with Crippen LogP contribution in [0.15, 0.2) is 34.3 Å². The minimum absolute atomic E-state index is 0.0872. The second kappa shape index (κ2) is 5.42. The van der Waals surface area contributed by atoms with Crippen molar-refractivity contribution in [3.63, 3.8) is 0 Å². The number of hydrogen-bond donors (Lipinski definition) is 3. The second-order valence-corrected chi connectivity index (χ2v) is 5.71. The number of aromatic nitrogens is 4. The van der Waals surface area contributed by atoms with E-state index in [1.54, 1.807) is 0 Å². The highest BCUT2D eigenvalue weighted by Gasteiger charge is 2.16. The van der Waals surface area contributed by atoms with Crippen molar-refractivity contribution in [3.8, 4) is 0 Å². The van der Waals surface area contributed by atoms with Gasteiger partial charge >= 0.3 is 0 Å². The lowest BCUT2D eigenvalue weighted by atomic mass is 10.7. The molecule has 9 nitrogen and oxygen atoms in total. The van der Waals surface area contributed by atoms with Crippen LogP contribution < -0.4 is 16.0 Å². The van der Waals surface area contributed by atoms with Crippen molar-refractivity contribution in [1.82, 2.24) is 19.9 Å². The topological polar surface area (TPSA) is 136 Å². The molecule has 0 aliphatic rings. The number of nitrogens with one attached hydrogen (secondary N) is 2. The molecular weight excluding hydrogens is 338 g/mol. The number of hydrogen-bond acceptors (Lipinski definition) is 8. The van der Waals surface area contributed by atoms with Crippen molar-refractivity contribution in [2.75, 3.05) is 10.1 Å². The lowest BCUT2D eigenvalue weighted by molar-refractivity contribution is 0.600. The molecule has 2 rings (SSSR count).